The number of aliphatic hydroxyl groups excluding tert-OH is 1. The average molecular weight is 249 g/mol. The van der Waals surface area contributed by atoms with Gasteiger partial charge in [0.05, 0.1) is 18.3 Å². The van der Waals surface area contributed by atoms with Crippen LogP contribution in [0.5, 0.6) is 0 Å². The quantitative estimate of drug-likeness (QED) is 0.847. The molecule has 0 saturated heterocycles. The van der Waals surface area contributed by atoms with E-state index in [-0.39, 0.29) is 12.3 Å². The molecule has 0 saturated carbocycles. The molecule has 0 unspecified atom stereocenters. The molecule has 0 aromatic carbocycles. The number of pyridine rings is 1. The molecule has 0 radical (unpaired) electrons. The Labute approximate surface area is 84.1 Å². The summed E-state index contributed by atoms with van der Waals surface area (Å²) in [5.41, 5.74) is 0.230. The highest BCUT2D eigenvalue weighted by Crippen LogP contribution is 2.17. The predicted molar refractivity (Wildman–Crippen MR) is 50.8 cm³/mol. The summed E-state index contributed by atoms with van der Waals surface area (Å²) in [6, 6.07) is 0.871. The van der Waals surface area contributed by atoms with Gasteiger partial charge in [-0.1, -0.05) is 0 Å². The predicted octanol–water partition coefficient (Wildman–Crippen LogP) is 1.24. The smallest absolute Gasteiger partial charge is 0.147 e. The molecule has 72 valence electrons. The molecule has 5 heteroatoms. The van der Waals surface area contributed by atoms with E-state index in [0.717, 1.165) is 0 Å². The average Bonchev–Trinajstić information content (AvgIpc) is 2.10. The maximum Gasteiger partial charge on any atom is 0.147 e. The zero-order valence-corrected chi connectivity index (χ0v) is 8.68. The Morgan fingerprint density at radius 3 is 2.92 bits per heavy atom. The van der Waals surface area contributed by atoms with Gasteiger partial charge in [0.2, 0.25) is 0 Å². The van der Waals surface area contributed by atoms with Gasteiger partial charge in [-0.2, -0.15) is 0 Å². The lowest BCUT2D eigenvalue weighted by molar-refractivity contribution is 0.245. The Morgan fingerprint density at radius 1 is 1.77 bits per heavy atom. The first-order chi connectivity index (χ1) is 6.19. The van der Waals surface area contributed by atoms with Crippen LogP contribution in [0.1, 0.15) is 11.7 Å². The lowest BCUT2D eigenvalue weighted by Crippen LogP contribution is -2.22. The van der Waals surface area contributed by atoms with Crippen molar-refractivity contribution in [1.82, 2.24) is 10.3 Å². The highest BCUT2D eigenvalue weighted by molar-refractivity contribution is 9.10. The summed E-state index contributed by atoms with van der Waals surface area (Å²) in [5.74, 6) is -0.428. The Balaban J connectivity index is 2.99. The number of hydrogen-bond acceptors (Lipinski definition) is 3. The number of nitrogens with zero attached hydrogens (tertiary/aromatic N) is 1. The van der Waals surface area contributed by atoms with Crippen molar-refractivity contribution in [3.63, 3.8) is 0 Å². The molecule has 3 nitrogen and oxygen atoms in total. The van der Waals surface area contributed by atoms with Crippen molar-refractivity contribution in [2.75, 3.05) is 13.7 Å². The third kappa shape index (κ3) is 2.46. The van der Waals surface area contributed by atoms with Crippen LogP contribution in [0.25, 0.3) is 0 Å². The lowest BCUT2D eigenvalue weighted by Gasteiger charge is -2.12. The molecule has 0 aliphatic carbocycles. The molecular formula is C8H10BrFN2O. The fourth-order valence-electron chi connectivity index (χ4n) is 0.996. The number of aliphatic hydroxyl groups is 1. The molecule has 1 rings (SSSR count). The van der Waals surface area contributed by atoms with Gasteiger partial charge in [0.1, 0.15) is 5.82 Å². The minimum atomic E-state index is -0.451. The first-order valence-corrected chi connectivity index (χ1v) is 4.57. The molecule has 1 heterocycles. The van der Waals surface area contributed by atoms with Crippen molar-refractivity contribution in [2.24, 2.45) is 0 Å². The van der Waals surface area contributed by atoms with Gasteiger partial charge >= 0.3 is 0 Å². The Kier molecular flexibility index (Phi) is 3.77. The van der Waals surface area contributed by atoms with Crippen molar-refractivity contribution >= 4 is 15.9 Å². The maximum atomic E-state index is 13.2. The van der Waals surface area contributed by atoms with Crippen LogP contribution >= 0.6 is 15.9 Å². The lowest BCUT2D eigenvalue weighted by atomic mass is 10.2. The van der Waals surface area contributed by atoms with Crippen molar-refractivity contribution in [3.05, 3.63) is 28.2 Å². The van der Waals surface area contributed by atoms with Crippen LogP contribution in [0.15, 0.2) is 16.7 Å². The van der Waals surface area contributed by atoms with Crippen molar-refractivity contribution in [2.45, 2.75) is 6.04 Å². The van der Waals surface area contributed by atoms with E-state index in [2.05, 4.69) is 26.2 Å². The fraction of sp³-hybridized carbons (Fsp3) is 0.375. The van der Waals surface area contributed by atoms with Crippen LogP contribution < -0.4 is 5.32 Å². The molecule has 1 aromatic rings. The van der Waals surface area contributed by atoms with Gasteiger partial charge in [0.15, 0.2) is 0 Å². The molecule has 0 aliphatic heterocycles. The third-order valence-corrected chi connectivity index (χ3v) is 2.13. The highest BCUT2D eigenvalue weighted by Gasteiger charge is 2.14. The Bertz CT molecular complexity index is 291. The van der Waals surface area contributed by atoms with Crippen LogP contribution in [0.3, 0.4) is 0 Å². The molecule has 1 atom stereocenters. The molecule has 0 bridgehead atoms. The van der Waals surface area contributed by atoms with E-state index in [1.54, 1.807) is 7.05 Å². The normalized spacial score (nSPS) is 12.9. The van der Waals surface area contributed by atoms with Crippen LogP contribution in [-0.4, -0.2) is 23.7 Å². The van der Waals surface area contributed by atoms with Crippen LogP contribution in [-0.2, 0) is 0 Å². The first kappa shape index (κ1) is 10.6. The van der Waals surface area contributed by atoms with E-state index >= 15 is 0 Å². The number of halogens is 2. The summed E-state index contributed by atoms with van der Waals surface area (Å²) >= 11 is 3.10. The second kappa shape index (κ2) is 4.64. The molecule has 0 spiro atoms. The van der Waals surface area contributed by atoms with Gasteiger partial charge in [-0.15, -0.1) is 0 Å². The molecule has 0 amide bonds. The van der Waals surface area contributed by atoms with Gasteiger partial charge < -0.3 is 10.4 Å². The fourth-order valence-corrected chi connectivity index (χ4v) is 1.30. The summed E-state index contributed by atoms with van der Waals surface area (Å²) in [7, 11) is 1.64. The summed E-state index contributed by atoms with van der Waals surface area (Å²) in [6.45, 7) is -0.179. The zero-order valence-electron chi connectivity index (χ0n) is 7.09. The van der Waals surface area contributed by atoms with E-state index < -0.39 is 11.9 Å². The van der Waals surface area contributed by atoms with Gasteiger partial charge in [-0.25, -0.2) is 4.39 Å². The van der Waals surface area contributed by atoms with Gasteiger partial charge in [0, 0.05) is 10.7 Å². The van der Waals surface area contributed by atoms with Crippen molar-refractivity contribution in [3.8, 4) is 0 Å². The number of likely N-dealkylation sites (N-methyl/N-ethyl adjacent to an activating group) is 1. The van der Waals surface area contributed by atoms with Crippen LogP contribution in [0.4, 0.5) is 4.39 Å². The Morgan fingerprint density at radius 2 is 2.46 bits per heavy atom. The van der Waals surface area contributed by atoms with Crippen LogP contribution in [0.2, 0.25) is 0 Å². The first-order valence-electron chi connectivity index (χ1n) is 3.78. The third-order valence-electron chi connectivity index (χ3n) is 1.70. The Hall–Kier alpha value is -0.520. The molecular weight excluding hydrogens is 239 g/mol. The second-order valence-corrected chi connectivity index (χ2v) is 3.46. The number of nitrogens with one attached hydrogen (secondary N) is 1. The number of rotatable bonds is 3. The van der Waals surface area contributed by atoms with E-state index in [1.165, 1.54) is 12.3 Å². The SMILES string of the molecule is CN[C@H](CO)c1ncc(Br)cc1F. The van der Waals surface area contributed by atoms with Crippen molar-refractivity contribution < 1.29 is 9.50 Å². The highest BCUT2D eigenvalue weighted by atomic mass is 79.9. The van der Waals surface area contributed by atoms with E-state index in [0.29, 0.717) is 4.47 Å². The largest absolute Gasteiger partial charge is 0.394 e. The molecule has 2 N–H and O–H groups in total. The van der Waals surface area contributed by atoms with E-state index in [1.807, 2.05) is 0 Å². The molecule has 0 fully saturated rings. The summed E-state index contributed by atoms with van der Waals surface area (Å²) in [5, 5.41) is 11.7. The summed E-state index contributed by atoms with van der Waals surface area (Å²) in [6.07, 6.45) is 1.50. The molecule has 13 heavy (non-hydrogen) atoms. The van der Waals surface area contributed by atoms with Gasteiger partial charge in [-0.05, 0) is 29.0 Å². The monoisotopic (exact) mass is 248 g/mol. The number of hydrogen-bond donors (Lipinski definition) is 2. The summed E-state index contributed by atoms with van der Waals surface area (Å²) < 4.78 is 13.8. The molecule has 0 aliphatic rings. The van der Waals surface area contributed by atoms with E-state index in [4.69, 9.17) is 5.11 Å². The second-order valence-electron chi connectivity index (χ2n) is 2.54. The van der Waals surface area contributed by atoms with Crippen LogP contribution in [0, 0.1) is 5.82 Å². The zero-order chi connectivity index (χ0) is 9.84. The van der Waals surface area contributed by atoms with Gasteiger partial charge in [0.25, 0.3) is 0 Å². The minimum absolute atomic E-state index is 0.179. The standard InChI is InChI=1S/C8H10BrFN2O/c1-11-7(4-13)8-6(10)2-5(9)3-12-8/h2-3,7,11,13H,4H2,1H3/t7-/m1/s1. The topological polar surface area (TPSA) is 45.1 Å². The van der Waals surface area contributed by atoms with Crippen molar-refractivity contribution in [1.29, 1.82) is 0 Å². The summed E-state index contributed by atoms with van der Waals surface area (Å²) in [4.78, 5) is 3.88. The molecule has 1 aromatic heterocycles. The minimum Gasteiger partial charge on any atom is -0.394 e. The van der Waals surface area contributed by atoms with Gasteiger partial charge in [-0.3, -0.25) is 4.98 Å². The number of aromatic nitrogens is 1. The van der Waals surface area contributed by atoms with E-state index in [9.17, 15) is 4.39 Å². The maximum absolute atomic E-state index is 13.2.